The van der Waals surface area contributed by atoms with Crippen molar-refractivity contribution in [2.75, 3.05) is 0 Å². The number of thiazole rings is 1. The molecule has 0 aliphatic rings. The molecule has 37 heavy (non-hydrogen) atoms. The molecule has 0 saturated heterocycles. The zero-order valence-corrected chi connectivity index (χ0v) is 21.8. The molecule has 3 aromatic carbocycles. The van der Waals surface area contributed by atoms with Crippen molar-refractivity contribution in [3.05, 3.63) is 122 Å². The summed E-state index contributed by atoms with van der Waals surface area (Å²) in [5, 5.41) is 3.72. The van der Waals surface area contributed by atoms with Gasteiger partial charge in [0.1, 0.15) is 5.58 Å². The summed E-state index contributed by atoms with van der Waals surface area (Å²) < 4.78 is 11.8. The molecule has 0 N–H and O–H groups in total. The molecule has 0 fully saturated rings. The van der Waals surface area contributed by atoms with Crippen molar-refractivity contribution < 1.29 is 4.42 Å². The first kappa shape index (κ1) is 23.3. The van der Waals surface area contributed by atoms with Gasteiger partial charge in [0.15, 0.2) is 16.2 Å². The number of benzene rings is 3. The van der Waals surface area contributed by atoms with Crippen molar-refractivity contribution in [2.45, 2.75) is 13.5 Å². The molecule has 6 aromatic rings. The van der Waals surface area contributed by atoms with Crippen molar-refractivity contribution in [3.8, 4) is 17.1 Å². The summed E-state index contributed by atoms with van der Waals surface area (Å²) in [7, 11) is 1.87. The summed E-state index contributed by atoms with van der Waals surface area (Å²) in [4.78, 5) is 19.1. The molecule has 0 unspecified atom stereocenters. The van der Waals surface area contributed by atoms with Gasteiger partial charge < -0.3 is 8.98 Å². The predicted octanol–water partition coefficient (Wildman–Crippen LogP) is 6.69. The van der Waals surface area contributed by atoms with Crippen molar-refractivity contribution in [1.82, 2.24) is 13.9 Å². The van der Waals surface area contributed by atoms with Gasteiger partial charge in [0.2, 0.25) is 0 Å². The van der Waals surface area contributed by atoms with E-state index in [0.29, 0.717) is 22.1 Å². The van der Waals surface area contributed by atoms with E-state index >= 15 is 0 Å². The SMILES string of the molecule is Cc1c(N=c2scc(-c3cc4ccccc4o3)n2Cc2cccc(Cl)c2)c(=O)n(-c2ccccc2)n1C. The third-order valence-electron chi connectivity index (χ3n) is 6.44. The summed E-state index contributed by atoms with van der Waals surface area (Å²) in [5.41, 5.74) is 4.54. The topological polar surface area (TPSA) is 57.4 Å². The van der Waals surface area contributed by atoms with Gasteiger partial charge in [-0.25, -0.2) is 9.67 Å². The van der Waals surface area contributed by atoms with Crippen molar-refractivity contribution in [3.63, 3.8) is 0 Å². The summed E-state index contributed by atoms with van der Waals surface area (Å²) in [6.07, 6.45) is 0. The summed E-state index contributed by atoms with van der Waals surface area (Å²) in [6.45, 7) is 2.43. The van der Waals surface area contributed by atoms with Crippen LogP contribution in [0, 0.1) is 6.92 Å². The second kappa shape index (κ2) is 9.42. The van der Waals surface area contributed by atoms with Gasteiger partial charge in [-0.3, -0.25) is 9.48 Å². The monoisotopic (exact) mass is 526 g/mol. The maximum atomic E-state index is 13.5. The third kappa shape index (κ3) is 4.26. The quantitative estimate of drug-likeness (QED) is 0.251. The molecule has 184 valence electrons. The molecule has 0 bridgehead atoms. The number of nitrogens with zero attached hydrogens (tertiary/aromatic N) is 4. The molecule has 0 saturated carbocycles. The van der Waals surface area contributed by atoms with Crippen LogP contribution in [-0.4, -0.2) is 13.9 Å². The van der Waals surface area contributed by atoms with E-state index in [1.807, 2.05) is 109 Å². The first-order valence-electron chi connectivity index (χ1n) is 11.8. The number of hydrogen-bond acceptors (Lipinski definition) is 4. The molecule has 3 heterocycles. The Kier molecular flexibility index (Phi) is 5.94. The normalized spacial score (nSPS) is 12.0. The van der Waals surface area contributed by atoms with Gasteiger partial charge in [0, 0.05) is 22.8 Å². The van der Waals surface area contributed by atoms with Crippen molar-refractivity contribution >= 4 is 39.6 Å². The van der Waals surface area contributed by atoms with E-state index in [1.165, 1.54) is 11.3 Å². The minimum absolute atomic E-state index is 0.167. The molecule has 6 nitrogen and oxygen atoms in total. The highest BCUT2D eigenvalue weighted by atomic mass is 35.5. The average Bonchev–Trinajstić information content (AvgIpc) is 3.56. The van der Waals surface area contributed by atoms with E-state index in [0.717, 1.165) is 39.4 Å². The lowest BCUT2D eigenvalue weighted by Gasteiger charge is -2.08. The number of furan rings is 1. The summed E-state index contributed by atoms with van der Waals surface area (Å²) >= 11 is 7.76. The van der Waals surface area contributed by atoms with Crippen LogP contribution in [0.2, 0.25) is 5.02 Å². The fraction of sp³-hybridized carbons (Fsp3) is 0.103. The lowest BCUT2D eigenvalue weighted by Crippen LogP contribution is -2.20. The zero-order valence-electron chi connectivity index (χ0n) is 20.3. The highest BCUT2D eigenvalue weighted by Gasteiger charge is 2.18. The van der Waals surface area contributed by atoms with E-state index in [4.69, 9.17) is 21.0 Å². The van der Waals surface area contributed by atoms with Crippen LogP contribution in [0.1, 0.15) is 11.3 Å². The second-order valence-corrected chi connectivity index (χ2v) is 10.1. The van der Waals surface area contributed by atoms with Crippen LogP contribution in [0.15, 0.2) is 105 Å². The molecular formula is C29H23ClN4O2S. The number of hydrogen-bond donors (Lipinski definition) is 0. The van der Waals surface area contributed by atoms with Gasteiger partial charge in [0.25, 0.3) is 5.56 Å². The lowest BCUT2D eigenvalue weighted by atomic mass is 10.2. The van der Waals surface area contributed by atoms with Crippen LogP contribution in [0.3, 0.4) is 0 Å². The maximum Gasteiger partial charge on any atom is 0.297 e. The fourth-order valence-corrected chi connectivity index (χ4v) is 5.58. The molecule has 0 aliphatic heterocycles. The molecule has 0 aliphatic carbocycles. The summed E-state index contributed by atoms with van der Waals surface area (Å²) in [5.74, 6) is 0.743. The van der Waals surface area contributed by atoms with Gasteiger partial charge in [-0.05, 0) is 48.9 Å². The van der Waals surface area contributed by atoms with Gasteiger partial charge in [0.05, 0.1) is 23.6 Å². The van der Waals surface area contributed by atoms with E-state index in [-0.39, 0.29) is 5.56 Å². The van der Waals surface area contributed by atoms with Gasteiger partial charge in [-0.1, -0.05) is 60.1 Å². The van der Waals surface area contributed by atoms with Crippen LogP contribution in [0.25, 0.3) is 28.1 Å². The Morgan fingerprint density at radius 3 is 2.54 bits per heavy atom. The molecule has 3 aromatic heterocycles. The Balaban J connectivity index is 1.55. The minimum atomic E-state index is -0.167. The number of aromatic nitrogens is 3. The fourth-order valence-electron chi connectivity index (χ4n) is 4.47. The number of rotatable bonds is 5. The molecule has 0 amide bonds. The zero-order chi connectivity index (χ0) is 25.5. The Labute approximate surface area is 221 Å². The van der Waals surface area contributed by atoms with Gasteiger partial charge in [-0.2, -0.15) is 0 Å². The first-order valence-corrected chi connectivity index (χ1v) is 13.1. The Morgan fingerprint density at radius 1 is 0.973 bits per heavy atom. The molecule has 6 rings (SSSR count). The van der Waals surface area contributed by atoms with Crippen LogP contribution in [0.5, 0.6) is 0 Å². The predicted molar refractivity (Wildman–Crippen MR) is 149 cm³/mol. The van der Waals surface area contributed by atoms with E-state index in [9.17, 15) is 4.79 Å². The third-order valence-corrected chi connectivity index (χ3v) is 7.54. The van der Waals surface area contributed by atoms with Crippen LogP contribution in [0.4, 0.5) is 5.69 Å². The van der Waals surface area contributed by atoms with Crippen LogP contribution >= 0.6 is 22.9 Å². The highest BCUT2D eigenvalue weighted by molar-refractivity contribution is 7.07. The van der Waals surface area contributed by atoms with Gasteiger partial charge >= 0.3 is 0 Å². The van der Waals surface area contributed by atoms with E-state index in [1.54, 1.807) is 4.68 Å². The number of halogens is 1. The Bertz CT molecular complexity index is 1840. The Morgan fingerprint density at radius 2 is 1.76 bits per heavy atom. The van der Waals surface area contributed by atoms with Crippen LogP contribution < -0.4 is 10.4 Å². The molecular weight excluding hydrogens is 504 g/mol. The van der Waals surface area contributed by atoms with E-state index < -0.39 is 0 Å². The maximum absolute atomic E-state index is 13.5. The smallest absolute Gasteiger partial charge is 0.297 e. The lowest BCUT2D eigenvalue weighted by molar-refractivity contribution is 0.618. The molecule has 0 atom stereocenters. The molecule has 8 heteroatoms. The van der Waals surface area contributed by atoms with Crippen molar-refractivity contribution in [2.24, 2.45) is 12.0 Å². The average molecular weight is 527 g/mol. The number of para-hydroxylation sites is 2. The standard InChI is InChI=1S/C29H23ClN4O2S/c1-19-27(28(35)34(32(19)2)23-12-4-3-5-13-23)31-29-33(17-20-9-8-11-22(30)15-20)24(18-37-29)26-16-21-10-6-7-14-25(21)36-26/h3-16,18H,17H2,1-2H3. The summed E-state index contributed by atoms with van der Waals surface area (Å²) in [6, 6.07) is 27.3. The van der Waals surface area contributed by atoms with Crippen LogP contribution in [-0.2, 0) is 13.6 Å². The van der Waals surface area contributed by atoms with E-state index in [2.05, 4.69) is 4.57 Å². The number of fused-ring (bicyclic) bond motifs is 1. The second-order valence-electron chi connectivity index (χ2n) is 8.79. The largest absolute Gasteiger partial charge is 0.454 e. The molecule has 0 radical (unpaired) electrons. The van der Waals surface area contributed by atoms with Gasteiger partial charge in [-0.15, -0.1) is 11.3 Å². The van der Waals surface area contributed by atoms with Crippen molar-refractivity contribution in [1.29, 1.82) is 0 Å². The minimum Gasteiger partial charge on any atom is -0.454 e. The first-order chi connectivity index (χ1) is 18.0. The Hall–Kier alpha value is -4.07. The highest BCUT2D eigenvalue weighted by Crippen LogP contribution is 2.29. The molecule has 0 spiro atoms.